The fourth-order valence-corrected chi connectivity index (χ4v) is 10.1. The Labute approximate surface area is 572 Å². The van der Waals surface area contributed by atoms with Crippen LogP contribution in [0.1, 0.15) is 296 Å². The molecule has 0 aromatic carbocycles. The Kier molecular flexibility index (Phi) is 68.8. The smallest absolute Gasteiger partial charge is 0.361 e. The summed E-state index contributed by atoms with van der Waals surface area (Å²) in [4.78, 5) is 37.7. The van der Waals surface area contributed by atoms with Crippen molar-refractivity contribution in [2.75, 3.05) is 47.5 Å². The van der Waals surface area contributed by atoms with Crippen LogP contribution < -0.4 is 0 Å². The van der Waals surface area contributed by atoms with E-state index in [2.05, 4.69) is 172 Å². The van der Waals surface area contributed by atoms with Gasteiger partial charge in [0.15, 0.2) is 6.10 Å². The second-order valence-electron chi connectivity index (χ2n) is 25.8. The SMILES string of the molecule is CC/C=C\C/C=C\C/C=C\C/C=C\C/C=C\C/C=C\C/C=C\C/C=C\C/C=C\CCCCCCCCCCCCCCCC(=O)OC(COC(=O)CCCCCCCCCCCCCCCC/C=C\C/C=C\C/C=C\C/C=C\CC)COC(OCC[N+](C)(C)C)C(=O)O. The molecule has 0 rings (SSSR count). The van der Waals surface area contributed by atoms with Gasteiger partial charge >= 0.3 is 17.9 Å². The molecule has 0 spiro atoms. The van der Waals surface area contributed by atoms with Gasteiger partial charge in [-0.3, -0.25) is 9.59 Å². The predicted octanol–water partition coefficient (Wildman–Crippen LogP) is 24.0. The molecule has 9 heteroatoms. The maximum absolute atomic E-state index is 13.0. The molecule has 0 saturated carbocycles. The lowest BCUT2D eigenvalue weighted by molar-refractivity contribution is -0.870. The van der Waals surface area contributed by atoms with E-state index in [4.69, 9.17) is 18.9 Å². The van der Waals surface area contributed by atoms with Crippen LogP contribution in [0.4, 0.5) is 0 Å². The first-order chi connectivity index (χ1) is 45.6. The number of carboxylic acid groups (broad SMARTS) is 1. The topological polar surface area (TPSA) is 108 Å². The van der Waals surface area contributed by atoms with E-state index < -0.39 is 24.3 Å². The number of allylic oxidation sites excluding steroid dienone is 26. The minimum Gasteiger partial charge on any atom is -0.477 e. The molecule has 0 fully saturated rings. The van der Waals surface area contributed by atoms with E-state index in [1.54, 1.807) is 0 Å². The Morgan fingerprint density at radius 3 is 0.860 bits per heavy atom. The van der Waals surface area contributed by atoms with Gasteiger partial charge in [-0.25, -0.2) is 4.79 Å². The van der Waals surface area contributed by atoms with Gasteiger partial charge in [0.2, 0.25) is 0 Å². The Morgan fingerprint density at radius 1 is 0.323 bits per heavy atom. The van der Waals surface area contributed by atoms with Crippen molar-refractivity contribution in [1.82, 2.24) is 0 Å². The third kappa shape index (κ3) is 74.2. The number of nitrogens with zero attached hydrogens (tertiary/aromatic N) is 1. The van der Waals surface area contributed by atoms with Gasteiger partial charge in [0, 0.05) is 12.8 Å². The van der Waals surface area contributed by atoms with Crippen LogP contribution in [0.3, 0.4) is 0 Å². The number of carboxylic acids is 1. The average molecular weight is 1290 g/mol. The zero-order valence-corrected chi connectivity index (χ0v) is 60.4. The molecular weight excluding hydrogens is 1150 g/mol. The fourth-order valence-electron chi connectivity index (χ4n) is 10.1. The molecule has 0 saturated heterocycles. The zero-order chi connectivity index (χ0) is 67.5. The molecule has 2 atom stereocenters. The lowest BCUT2D eigenvalue weighted by atomic mass is 10.0. The first-order valence-electron chi connectivity index (χ1n) is 37.6. The van der Waals surface area contributed by atoms with Gasteiger partial charge in [-0.05, 0) is 122 Å². The molecule has 1 N–H and O–H groups in total. The van der Waals surface area contributed by atoms with E-state index in [9.17, 15) is 19.5 Å². The molecule has 0 aliphatic carbocycles. The van der Waals surface area contributed by atoms with Gasteiger partial charge in [0.05, 0.1) is 34.4 Å². The standard InChI is InChI=1S/C84H139NO8/c1-6-8-10-12-14-16-18-20-22-24-26-28-30-32-34-35-36-37-38-39-40-41-42-43-44-45-46-47-49-51-53-55-57-59-61-63-65-67-69-71-73-75-82(87)93-80(79-92-84(83(88)89)90-77-76-85(3,4)5)78-91-81(86)74-72-70-68-66-64-62-60-58-56-54-52-50-48-33-31-29-27-25-23-21-19-17-15-13-11-9-7-2/h8-11,14-17,20-23,26-29,32,34,36-37,39-40,42-43,45-46,80,84H,6-7,12-13,18-19,24-25,30-31,33,35,38,41,44,47-79H2,1-5H3/p+1/b10-8-,11-9-,16-14-,17-15-,22-20-,23-21-,28-26-,29-27-,34-32-,37-36-,40-39-,43-42-,46-45-. The number of likely N-dealkylation sites (N-methyl/N-ethyl adjacent to an activating group) is 1. The molecule has 0 aliphatic heterocycles. The van der Waals surface area contributed by atoms with E-state index in [-0.39, 0.29) is 32.2 Å². The van der Waals surface area contributed by atoms with Gasteiger partial charge in [-0.2, -0.15) is 0 Å². The van der Waals surface area contributed by atoms with Crippen LogP contribution >= 0.6 is 0 Å². The maximum Gasteiger partial charge on any atom is 0.361 e. The lowest BCUT2D eigenvalue weighted by Crippen LogP contribution is -2.40. The van der Waals surface area contributed by atoms with Gasteiger partial charge in [0.1, 0.15) is 13.2 Å². The van der Waals surface area contributed by atoms with E-state index in [0.717, 1.165) is 122 Å². The Morgan fingerprint density at radius 2 is 0.581 bits per heavy atom. The summed E-state index contributed by atoms with van der Waals surface area (Å²) in [6.07, 6.45) is 105. The van der Waals surface area contributed by atoms with Crippen molar-refractivity contribution < 1.29 is 42.9 Å². The second-order valence-corrected chi connectivity index (χ2v) is 25.8. The van der Waals surface area contributed by atoms with Crippen LogP contribution in [0.25, 0.3) is 0 Å². The Balaban J connectivity index is 4.10. The van der Waals surface area contributed by atoms with Crippen molar-refractivity contribution in [3.8, 4) is 0 Å². The largest absolute Gasteiger partial charge is 0.477 e. The van der Waals surface area contributed by atoms with E-state index in [0.29, 0.717) is 23.9 Å². The number of aliphatic carboxylic acids is 1. The molecule has 0 radical (unpaired) electrons. The molecule has 9 nitrogen and oxygen atoms in total. The van der Waals surface area contributed by atoms with Gasteiger partial charge in [-0.1, -0.05) is 320 Å². The third-order valence-corrected chi connectivity index (χ3v) is 15.8. The average Bonchev–Trinajstić information content (AvgIpc) is 3.38. The zero-order valence-electron chi connectivity index (χ0n) is 60.4. The number of rotatable bonds is 68. The second kappa shape index (κ2) is 72.7. The Bertz CT molecular complexity index is 2090. The van der Waals surface area contributed by atoms with Crippen molar-refractivity contribution in [2.24, 2.45) is 0 Å². The van der Waals surface area contributed by atoms with Crippen molar-refractivity contribution in [3.63, 3.8) is 0 Å². The predicted molar refractivity (Wildman–Crippen MR) is 400 cm³/mol. The first-order valence-corrected chi connectivity index (χ1v) is 37.6. The van der Waals surface area contributed by atoms with E-state index >= 15 is 0 Å². The highest BCUT2D eigenvalue weighted by Gasteiger charge is 2.25. The van der Waals surface area contributed by atoms with Crippen LogP contribution in [0.2, 0.25) is 0 Å². The normalized spacial score (nSPS) is 13.6. The van der Waals surface area contributed by atoms with Crippen molar-refractivity contribution in [2.45, 2.75) is 309 Å². The fraction of sp³-hybridized carbons (Fsp3) is 0.655. The molecule has 528 valence electrons. The number of hydrogen-bond donors (Lipinski definition) is 1. The molecule has 93 heavy (non-hydrogen) atoms. The molecule has 0 aromatic rings. The highest BCUT2D eigenvalue weighted by atomic mass is 16.7. The lowest BCUT2D eigenvalue weighted by Gasteiger charge is -2.25. The first kappa shape index (κ1) is 87.9. The molecule has 0 aliphatic rings. The van der Waals surface area contributed by atoms with Gasteiger partial charge in [0.25, 0.3) is 6.29 Å². The van der Waals surface area contributed by atoms with Crippen molar-refractivity contribution in [3.05, 3.63) is 158 Å². The summed E-state index contributed by atoms with van der Waals surface area (Å²) in [5.41, 5.74) is 0. The summed E-state index contributed by atoms with van der Waals surface area (Å²) in [5.74, 6) is -2.01. The van der Waals surface area contributed by atoms with Gasteiger partial charge < -0.3 is 28.5 Å². The van der Waals surface area contributed by atoms with Crippen LogP contribution in [-0.4, -0.2) is 87.4 Å². The van der Waals surface area contributed by atoms with Crippen molar-refractivity contribution >= 4 is 17.9 Å². The summed E-state index contributed by atoms with van der Waals surface area (Å²) in [5, 5.41) is 9.76. The number of carbonyl (C=O) groups excluding carboxylic acids is 2. The summed E-state index contributed by atoms with van der Waals surface area (Å²) >= 11 is 0. The maximum atomic E-state index is 13.0. The molecule has 2 unspecified atom stereocenters. The number of unbranched alkanes of at least 4 members (excludes halogenated alkanes) is 27. The number of hydrogen-bond acceptors (Lipinski definition) is 7. The molecule has 0 amide bonds. The minimum absolute atomic E-state index is 0.182. The molecule has 0 aromatic heterocycles. The summed E-state index contributed by atoms with van der Waals surface area (Å²) in [6.45, 7) is 4.66. The number of esters is 2. The molecular formula is C84H140NO8+. The summed E-state index contributed by atoms with van der Waals surface area (Å²) < 4.78 is 23.0. The van der Waals surface area contributed by atoms with Crippen LogP contribution in [0, 0.1) is 0 Å². The molecule has 0 heterocycles. The van der Waals surface area contributed by atoms with Crippen LogP contribution in [0.15, 0.2) is 158 Å². The minimum atomic E-state index is -1.52. The van der Waals surface area contributed by atoms with Crippen LogP contribution in [0.5, 0.6) is 0 Å². The number of carbonyl (C=O) groups is 3. The van der Waals surface area contributed by atoms with E-state index in [1.165, 1.54) is 141 Å². The summed E-state index contributed by atoms with van der Waals surface area (Å²) in [6, 6.07) is 0. The highest BCUT2D eigenvalue weighted by molar-refractivity contribution is 5.71. The number of quaternary nitrogens is 1. The van der Waals surface area contributed by atoms with Crippen molar-refractivity contribution in [1.29, 1.82) is 0 Å². The molecule has 0 bridgehead atoms. The summed E-state index contributed by atoms with van der Waals surface area (Å²) in [7, 11) is 5.98. The van der Waals surface area contributed by atoms with E-state index in [1.807, 2.05) is 21.1 Å². The van der Waals surface area contributed by atoms with Gasteiger partial charge in [-0.15, -0.1) is 0 Å². The number of ether oxygens (including phenoxy) is 4. The quantitative estimate of drug-likeness (QED) is 0.0211. The third-order valence-electron chi connectivity index (χ3n) is 15.8. The monoisotopic (exact) mass is 1290 g/mol. The van der Waals surface area contributed by atoms with Crippen LogP contribution in [-0.2, 0) is 33.3 Å². The highest BCUT2D eigenvalue weighted by Crippen LogP contribution is 2.17. The Hall–Kier alpha value is -5.09.